The van der Waals surface area contributed by atoms with E-state index in [1.165, 1.54) is 0 Å². The van der Waals surface area contributed by atoms with Crippen molar-refractivity contribution in [2.45, 2.75) is 50.7 Å². The van der Waals surface area contributed by atoms with Gasteiger partial charge in [0.15, 0.2) is 5.76 Å². The molecule has 1 aliphatic heterocycles. The molecule has 1 aliphatic carbocycles. The van der Waals surface area contributed by atoms with Crippen LogP contribution in [0.15, 0.2) is 60.4 Å². The number of rotatable bonds is 7. The number of nitrogens with one attached hydrogen (secondary N) is 1. The third-order valence-electron chi connectivity index (χ3n) is 5.34. The molecule has 5 nitrogen and oxygen atoms in total. The molecule has 4 rings (SSSR count). The number of ether oxygens (including phenoxy) is 2. The molecule has 0 bridgehead atoms. The number of aliphatic hydroxyl groups excluding tert-OH is 1. The maximum absolute atomic E-state index is 12.6. The van der Waals surface area contributed by atoms with Crippen molar-refractivity contribution in [3.63, 3.8) is 0 Å². The number of aliphatic hydroxyl groups is 1. The predicted molar refractivity (Wildman–Crippen MR) is 113 cm³/mol. The van der Waals surface area contributed by atoms with Gasteiger partial charge in [0.05, 0.1) is 13.2 Å². The van der Waals surface area contributed by atoms with Crippen molar-refractivity contribution in [3.05, 3.63) is 82.6 Å². The highest BCUT2D eigenvalue weighted by molar-refractivity contribution is 5.92. The SMILES string of the molecule is C#Cc1ccc([C@@H]2C=C(C(=O)NC3CC3)O[C@H](OCc3ccc(CO)cc3)C2)cc1. The van der Waals surface area contributed by atoms with Crippen LogP contribution >= 0.6 is 0 Å². The van der Waals surface area contributed by atoms with Crippen LogP contribution in [-0.2, 0) is 27.5 Å². The second kappa shape index (κ2) is 9.17. The number of benzene rings is 2. The first-order chi connectivity index (χ1) is 14.6. The lowest BCUT2D eigenvalue weighted by molar-refractivity contribution is -0.150. The van der Waals surface area contributed by atoms with Gasteiger partial charge in [-0.15, -0.1) is 6.42 Å². The third kappa shape index (κ3) is 5.10. The van der Waals surface area contributed by atoms with Crippen molar-refractivity contribution in [2.24, 2.45) is 0 Å². The molecule has 2 atom stereocenters. The summed E-state index contributed by atoms with van der Waals surface area (Å²) < 4.78 is 11.9. The maximum Gasteiger partial charge on any atom is 0.286 e. The predicted octanol–water partition coefficient (Wildman–Crippen LogP) is 3.37. The number of amides is 1. The Hall–Kier alpha value is -3.07. The molecule has 1 fully saturated rings. The fourth-order valence-corrected chi connectivity index (χ4v) is 3.39. The van der Waals surface area contributed by atoms with Gasteiger partial charge in [0.1, 0.15) is 0 Å². The van der Waals surface area contributed by atoms with Gasteiger partial charge in [-0.05, 0) is 47.7 Å². The largest absolute Gasteiger partial charge is 0.459 e. The molecule has 2 aliphatic rings. The molecular weight excluding hydrogens is 378 g/mol. The summed E-state index contributed by atoms with van der Waals surface area (Å²) in [6.07, 6.45) is 9.42. The summed E-state index contributed by atoms with van der Waals surface area (Å²) in [6, 6.07) is 15.6. The van der Waals surface area contributed by atoms with Crippen molar-refractivity contribution < 1.29 is 19.4 Å². The van der Waals surface area contributed by atoms with E-state index >= 15 is 0 Å². The molecule has 0 spiro atoms. The third-order valence-corrected chi connectivity index (χ3v) is 5.34. The van der Waals surface area contributed by atoms with Crippen LogP contribution in [0.2, 0.25) is 0 Å². The molecule has 0 saturated heterocycles. The molecule has 1 saturated carbocycles. The lowest BCUT2D eigenvalue weighted by atomic mass is 9.92. The van der Waals surface area contributed by atoms with Crippen LogP contribution in [0.3, 0.4) is 0 Å². The summed E-state index contributed by atoms with van der Waals surface area (Å²) in [5.41, 5.74) is 3.71. The first kappa shape index (κ1) is 20.2. The Kier molecular flexibility index (Phi) is 6.18. The summed E-state index contributed by atoms with van der Waals surface area (Å²) in [6.45, 7) is 0.369. The van der Waals surface area contributed by atoms with Crippen molar-refractivity contribution in [3.8, 4) is 12.3 Å². The standard InChI is InChI=1S/C25H25NO4/c1-2-17-7-9-20(10-8-17)21-13-23(25(28)26-22-11-12-22)30-24(14-21)29-16-19-5-3-18(15-27)4-6-19/h1,3-10,13,21-22,24,27H,11-12,14-16H2,(H,26,28)/t21-,24+/m1/s1. The molecule has 2 N–H and O–H groups in total. The van der Waals surface area contributed by atoms with E-state index in [-0.39, 0.29) is 24.5 Å². The second-order valence-electron chi connectivity index (χ2n) is 7.72. The van der Waals surface area contributed by atoms with Gasteiger partial charge in [0.2, 0.25) is 6.29 Å². The Bertz CT molecular complexity index is 952. The second-order valence-corrected chi connectivity index (χ2v) is 7.72. The Morgan fingerprint density at radius 2 is 1.83 bits per heavy atom. The molecule has 154 valence electrons. The van der Waals surface area contributed by atoms with E-state index in [9.17, 15) is 9.90 Å². The van der Waals surface area contributed by atoms with Crippen LogP contribution in [0.4, 0.5) is 0 Å². The Labute approximate surface area is 176 Å². The lowest BCUT2D eigenvalue weighted by Crippen LogP contribution is -2.33. The normalized spacial score (nSPS) is 20.6. The molecule has 2 aromatic rings. The highest BCUT2D eigenvalue weighted by Crippen LogP contribution is 2.32. The molecule has 30 heavy (non-hydrogen) atoms. The minimum Gasteiger partial charge on any atom is -0.459 e. The van der Waals surface area contributed by atoms with Crippen LogP contribution in [-0.4, -0.2) is 23.3 Å². The Morgan fingerprint density at radius 1 is 1.13 bits per heavy atom. The zero-order valence-corrected chi connectivity index (χ0v) is 16.7. The molecule has 2 aromatic carbocycles. The molecule has 1 heterocycles. The average molecular weight is 403 g/mol. The van der Waals surface area contributed by atoms with Gasteiger partial charge in [-0.1, -0.05) is 42.3 Å². The number of hydrogen-bond donors (Lipinski definition) is 2. The van der Waals surface area contributed by atoms with E-state index in [1.54, 1.807) is 0 Å². The number of hydrogen-bond acceptors (Lipinski definition) is 4. The number of carbonyl (C=O) groups is 1. The number of carbonyl (C=O) groups excluding carboxylic acids is 1. The van der Waals surface area contributed by atoms with E-state index in [2.05, 4.69) is 11.2 Å². The number of allylic oxidation sites excluding steroid dienone is 1. The van der Waals surface area contributed by atoms with Crippen LogP contribution in [0.25, 0.3) is 0 Å². The summed E-state index contributed by atoms with van der Waals surface area (Å²) in [5.74, 6) is 2.73. The van der Waals surface area contributed by atoms with Gasteiger partial charge in [0.25, 0.3) is 5.91 Å². The van der Waals surface area contributed by atoms with Crippen LogP contribution in [0.1, 0.15) is 47.4 Å². The first-order valence-corrected chi connectivity index (χ1v) is 10.2. The molecular formula is C25H25NO4. The minimum atomic E-state index is -0.537. The number of terminal acetylenes is 1. The van der Waals surface area contributed by atoms with Gasteiger partial charge in [-0.2, -0.15) is 0 Å². The molecule has 0 unspecified atom stereocenters. The summed E-state index contributed by atoms with van der Waals surface area (Å²) >= 11 is 0. The van der Waals surface area contributed by atoms with Crippen LogP contribution in [0.5, 0.6) is 0 Å². The molecule has 0 aromatic heterocycles. The molecule has 0 radical (unpaired) electrons. The monoisotopic (exact) mass is 403 g/mol. The van der Waals surface area contributed by atoms with Crippen molar-refractivity contribution in [1.82, 2.24) is 5.32 Å². The van der Waals surface area contributed by atoms with Crippen molar-refractivity contribution >= 4 is 5.91 Å². The Balaban J connectivity index is 1.48. The van der Waals surface area contributed by atoms with Crippen molar-refractivity contribution in [1.29, 1.82) is 0 Å². The smallest absolute Gasteiger partial charge is 0.286 e. The minimum absolute atomic E-state index is 0.00714. The zero-order chi connectivity index (χ0) is 20.9. The quantitative estimate of drug-likeness (QED) is 0.696. The summed E-state index contributed by atoms with van der Waals surface area (Å²) in [5, 5.41) is 12.2. The fourth-order valence-electron chi connectivity index (χ4n) is 3.39. The van der Waals surface area contributed by atoms with E-state index in [1.807, 2.05) is 54.6 Å². The first-order valence-electron chi connectivity index (χ1n) is 10.2. The molecule has 5 heteroatoms. The average Bonchev–Trinajstić information content (AvgIpc) is 3.62. The van der Waals surface area contributed by atoms with Crippen LogP contribution < -0.4 is 5.32 Å². The van der Waals surface area contributed by atoms with Gasteiger partial charge in [-0.25, -0.2) is 0 Å². The maximum atomic E-state index is 12.6. The van der Waals surface area contributed by atoms with Gasteiger partial charge < -0.3 is 19.9 Å². The Morgan fingerprint density at radius 3 is 2.47 bits per heavy atom. The van der Waals surface area contributed by atoms with E-state index in [0.29, 0.717) is 18.8 Å². The van der Waals surface area contributed by atoms with Crippen LogP contribution in [0, 0.1) is 12.3 Å². The van der Waals surface area contributed by atoms with Crippen molar-refractivity contribution in [2.75, 3.05) is 0 Å². The van der Waals surface area contributed by atoms with Gasteiger partial charge in [-0.3, -0.25) is 4.79 Å². The lowest BCUT2D eigenvalue weighted by Gasteiger charge is -2.29. The van der Waals surface area contributed by atoms with E-state index < -0.39 is 6.29 Å². The highest BCUT2D eigenvalue weighted by atomic mass is 16.7. The highest BCUT2D eigenvalue weighted by Gasteiger charge is 2.31. The van der Waals surface area contributed by atoms with Gasteiger partial charge >= 0.3 is 0 Å². The molecule has 1 amide bonds. The topological polar surface area (TPSA) is 67.8 Å². The van der Waals surface area contributed by atoms with E-state index in [0.717, 1.165) is 35.1 Å². The summed E-state index contributed by atoms with van der Waals surface area (Å²) in [4.78, 5) is 12.6. The van der Waals surface area contributed by atoms with Gasteiger partial charge in [0, 0.05) is 23.9 Å². The zero-order valence-electron chi connectivity index (χ0n) is 16.7. The van der Waals surface area contributed by atoms with E-state index in [4.69, 9.17) is 15.9 Å². The summed E-state index contributed by atoms with van der Waals surface area (Å²) in [7, 11) is 0. The fraction of sp³-hybridized carbons (Fsp3) is 0.320.